The van der Waals surface area contributed by atoms with Crippen molar-refractivity contribution in [3.63, 3.8) is 0 Å². The highest BCUT2D eigenvalue weighted by Gasteiger charge is 2.39. The van der Waals surface area contributed by atoms with Gasteiger partial charge in [0.2, 0.25) is 0 Å². The molecule has 1 aromatic rings. The Bertz CT molecular complexity index is 366. The van der Waals surface area contributed by atoms with E-state index < -0.39 is 0 Å². The van der Waals surface area contributed by atoms with Crippen molar-refractivity contribution in [1.82, 2.24) is 5.32 Å². The van der Waals surface area contributed by atoms with E-state index in [9.17, 15) is 0 Å². The molecule has 0 saturated heterocycles. The Morgan fingerprint density at radius 2 is 1.62 bits per heavy atom. The lowest BCUT2D eigenvalue weighted by molar-refractivity contribution is -0.00930. The maximum absolute atomic E-state index is 5.62. The van der Waals surface area contributed by atoms with Crippen LogP contribution in [0.4, 0.5) is 0 Å². The summed E-state index contributed by atoms with van der Waals surface area (Å²) in [6.07, 6.45) is 2.39. The number of ether oxygens (including phenoxy) is 1. The van der Waals surface area contributed by atoms with Crippen molar-refractivity contribution in [2.24, 2.45) is 17.3 Å². The summed E-state index contributed by atoms with van der Waals surface area (Å²) in [5.74, 6) is 1.30. The van der Waals surface area contributed by atoms with Crippen LogP contribution < -0.4 is 5.32 Å². The molecule has 0 fully saturated rings. The lowest BCUT2D eigenvalue weighted by Crippen LogP contribution is -2.47. The molecule has 1 N–H and O–H groups in total. The van der Waals surface area contributed by atoms with Gasteiger partial charge in [0.25, 0.3) is 0 Å². The summed E-state index contributed by atoms with van der Waals surface area (Å²) in [6.45, 7) is 12.1. The summed E-state index contributed by atoms with van der Waals surface area (Å²) in [5.41, 5.74) is 1.56. The number of benzene rings is 1. The number of hydrogen-bond donors (Lipinski definition) is 1. The van der Waals surface area contributed by atoms with Gasteiger partial charge in [-0.05, 0) is 17.4 Å². The molecule has 2 unspecified atom stereocenters. The highest BCUT2D eigenvalue weighted by atomic mass is 16.5. The van der Waals surface area contributed by atoms with Gasteiger partial charge in [0.15, 0.2) is 0 Å². The second-order valence-electron chi connectivity index (χ2n) is 6.37. The van der Waals surface area contributed by atoms with Crippen molar-refractivity contribution in [3.8, 4) is 0 Å². The topological polar surface area (TPSA) is 21.3 Å². The van der Waals surface area contributed by atoms with Gasteiger partial charge in [-0.2, -0.15) is 0 Å². The monoisotopic (exact) mass is 291 g/mol. The number of rotatable bonds is 10. The number of hydrogen-bond acceptors (Lipinski definition) is 2. The highest BCUT2D eigenvalue weighted by molar-refractivity contribution is 5.14. The minimum Gasteiger partial charge on any atom is -0.384 e. The van der Waals surface area contributed by atoms with Crippen LogP contribution in [0.1, 0.15) is 46.1 Å². The van der Waals surface area contributed by atoms with Crippen LogP contribution in [0.15, 0.2) is 30.3 Å². The molecule has 21 heavy (non-hydrogen) atoms. The molecule has 0 radical (unpaired) electrons. The maximum Gasteiger partial charge on any atom is 0.0535 e. The first-order valence-electron chi connectivity index (χ1n) is 8.34. The van der Waals surface area contributed by atoms with Crippen molar-refractivity contribution in [1.29, 1.82) is 0 Å². The Balaban J connectivity index is 2.75. The van der Waals surface area contributed by atoms with Crippen molar-refractivity contribution in [3.05, 3.63) is 35.9 Å². The predicted octanol–water partition coefficient (Wildman–Crippen LogP) is 4.50. The Labute approximate surface area is 131 Å². The molecular formula is C19H33NO. The van der Waals surface area contributed by atoms with E-state index in [0.717, 1.165) is 19.7 Å². The third-order valence-electron chi connectivity index (χ3n) is 5.23. The molecule has 0 aliphatic rings. The molecule has 0 amide bonds. The summed E-state index contributed by atoms with van der Waals surface area (Å²) < 4.78 is 5.62. The number of methoxy groups -OCH3 is 1. The SMILES string of the molecule is CCC(C)C(CNCc1ccccc1)(COC)C(C)CC. The first kappa shape index (κ1) is 18.2. The molecule has 2 heteroatoms. The van der Waals surface area contributed by atoms with Crippen LogP contribution in [0, 0.1) is 17.3 Å². The standard InChI is InChI=1S/C19H33NO/c1-6-16(3)19(15-21-5,17(4)7-2)14-20-13-18-11-9-8-10-12-18/h8-12,16-17,20H,6-7,13-15H2,1-5H3. The summed E-state index contributed by atoms with van der Waals surface area (Å²) in [7, 11) is 1.83. The molecule has 0 spiro atoms. The molecule has 2 nitrogen and oxygen atoms in total. The van der Waals surface area contributed by atoms with Gasteiger partial charge >= 0.3 is 0 Å². The van der Waals surface area contributed by atoms with Gasteiger partial charge < -0.3 is 10.1 Å². The Hall–Kier alpha value is -0.860. The summed E-state index contributed by atoms with van der Waals surface area (Å²) in [5, 5.41) is 3.68. The lowest BCUT2D eigenvalue weighted by Gasteiger charge is -2.43. The van der Waals surface area contributed by atoms with Crippen molar-refractivity contribution in [2.75, 3.05) is 20.3 Å². The Kier molecular flexibility index (Phi) is 7.98. The summed E-state index contributed by atoms with van der Waals surface area (Å²) in [6, 6.07) is 10.6. The minimum absolute atomic E-state index is 0.215. The van der Waals surface area contributed by atoms with Gasteiger partial charge in [-0.25, -0.2) is 0 Å². The van der Waals surface area contributed by atoms with E-state index in [1.54, 1.807) is 0 Å². The zero-order valence-electron chi connectivity index (χ0n) is 14.5. The maximum atomic E-state index is 5.62. The van der Waals surface area contributed by atoms with Gasteiger partial charge in [-0.15, -0.1) is 0 Å². The van der Waals surface area contributed by atoms with Crippen LogP contribution >= 0.6 is 0 Å². The van der Waals surface area contributed by atoms with Gasteiger partial charge in [-0.1, -0.05) is 70.9 Å². The molecule has 0 aromatic heterocycles. The highest BCUT2D eigenvalue weighted by Crippen LogP contribution is 2.39. The van der Waals surface area contributed by atoms with Crippen molar-refractivity contribution >= 4 is 0 Å². The molecule has 1 rings (SSSR count). The third kappa shape index (κ3) is 4.82. The van der Waals surface area contributed by atoms with Crippen LogP contribution in [0.2, 0.25) is 0 Å². The molecule has 0 heterocycles. The second-order valence-corrected chi connectivity index (χ2v) is 6.37. The zero-order valence-corrected chi connectivity index (χ0v) is 14.5. The first-order chi connectivity index (χ1) is 10.1. The molecule has 0 aliphatic carbocycles. The largest absolute Gasteiger partial charge is 0.384 e. The quantitative estimate of drug-likeness (QED) is 0.685. The molecule has 1 aromatic carbocycles. The fourth-order valence-electron chi connectivity index (χ4n) is 3.29. The second kappa shape index (κ2) is 9.22. The van der Waals surface area contributed by atoms with E-state index in [1.807, 2.05) is 7.11 Å². The van der Waals surface area contributed by atoms with Gasteiger partial charge in [0, 0.05) is 25.6 Å². The van der Waals surface area contributed by atoms with Crippen LogP contribution in [0.3, 0.4) is 0 Å². The minimum atomic E-state index is 0.215. The first-order valence-corrected chi connectivity index (χ1v) is 8.34. The fraction of sp³-hybridized carbons (Fsp3) is 0.684. The average Bonchev–Trinajstić information content (AvgIpc) is 2.53. The zero-order chi connectivity index (χ0) is 15.7. The van der Waals surface area contributed by atoms with Crippen molar-refractivity contribution in [2.45, 2.75) is 47.1 Å². The predicted molar refractivity (Wildman–Crippen MR) is 91.4 cm³/mol. The lowest BCUT2D eigenvalue weighted by atomic mass is 9.66. The van der Waals surface area contributed by atoms with Crippen molar-refractivity contribution < 1.29 is 4.74 Å². The molecule has 0 aliphatic heterocycles. The Morgan fingerprint density at radius 3 is 2.10 bits per heavy atom. The molecule has 0 bridgehead atoms. The van der Waals surface area contributed by atoms with Crippen LogP contribution in [0.25, 0.3) is 0 Å². The van der Waals surface area contributed by atoms with E-state index in [0.29, 0.717) is 11.8 Å². The normalized spacial score (nSPS) is 17.2. The van der Waals surface area contributed by atoms with Gasteiger partial charge in [-0.3, -0.25) is 0 Å². The van der Waals surface area contributed by atoms with E-state index in [1.165, 1.54) is 18.4 Å². The van der Waals surface area contributed by atoms with E-state index in [4.69, 9.17) is 4.74 Å². The Morgan fingerprint density at radius 1 is 1.05 bits per heavy atom. The van der Waals surface area contributed by atoms with E-state index in [2.05, 4.69) is 63.3 Å². The van der Waals surface area contributed by atoms with E-state index in [-0.39, 0.29) is 5.41 Å². The molecule has 2 atom stereocenters. The van der Waals surface area contributed by atoms with Crippen LogP contribution in [-0.2, 0) is 11.3 Å². The molecule has 0 saturated carbocycles. The third-order valence-corrected chi connectivity index (χ3v) is 5.23. The summed E-state index contributed by atoms with van der Waals surface area (Å²) >= 11 is 0. The van der Waals surface area contributed by atoms with E-state index >= 15 is 0 Å². The summed E-state index contributed by atoms with van der Waals surface area (Å²) in [4.78, 5) is 0. The van der Waals surface area contributed by atoms with Gasteiger partial charge in [0.05, 0.1) is 6.61 Å². The average molecular weight is 291 g/mol. The fourth-order valence-corrected chi connectivity index (χ4v) is 3.29. The van der Waals surface area contributed by atoms with Crippen LogP contribution in [0.5, 0.6) is 0 Å². The van der Waals surface area contributed by atoms with Gasteiger partial charge in [0.1, 0.15) is 0 Å². The molecular weight excluding hydrogens is 258 g/mol. The van der Waals surface area contributed by atoms with Crippen LogP contribution in [-0.4, -0.2) is 20.3 Å². The smallest absolute Gasteiger partial charge is 0.0535 e. The molecule has 120 valence electrons. The number of nitrogens with one attached hydrogen (secondary N) is 1.